The fraction of sp³-hybridized carbons (Fsp3) is 0.263. The first kappa shape index (κ1) is 17.0. The first-order chi connectivity index (χ1) is 12.1. The second-order valence-corrected chi connectivity index (χ2v) is 5.92. The Labute approximate surface area is 146 Å². The van der Waals surface area contributed by atoms with E-state index in [1.807, 2.05) is 48.9 Å². The van der Waals surface area contributed by atoms with Crippen LogP contribution in [0.4, 0.5) is 0 Å². The molecule has 6 heteroatoms. The lowest BCUT2D eigenvalue weighted by molar-refractivity contribution is 0.0695. The molecule has 1 amide bonds. The fourth-order valence-corrected chi connectivity index (χ4v) is 2.81. The number of furan rings is 1. The molecular weight excluding hydrogens is 318 g/mol. The van der Waals surface area contributed by atoms with E-state index in [1.165, 1.54) is 0 Å². The molecule has 3 aromatic rings. The number of rotatable bonds is 6. The molecule has 0 spiro atoms. The summed E-state index contributed by atoms with van der Waals surface area (Å²) in [5, 5.41) is 13.8. The van der Waals surface area contributed by atoms with E-state index >= 15 is 0 Å². The highest BCUT2D eigenvalue weighted by atomic mass is 16.3. The van der Waals surface area contributed by atoms with E-state index in [0.29, 0.717) is 17.9 Å². The zero-order valence-corrected chi connectivity index (χ0v) is 14.3. The quantitative estimate of drug-likeness (QED) is 0.749. The molecule has 0 aliphatic heterocycles. The van der Waals surface area contributed by atoms with Crippen LogP contribution in [0.25, 0.3) is 5.69 Å². The van der Waals surface area contributed by atoms with Crippen LogP contribution in [0, 0.1) is 13.8 Å². The van der Waals surface area contributed by atoms with Gasteiger partial charge in [0, 0.05) is 17.8 Å². The molecule has 0 fully saturated rings. The van der Waals surface area contributed by atoms with Crippen LogP contribution < -0.4 is 0 Å². The van der Waals surface area contributed by atoms with Gasteiger partial charge in [0.2, 0.25) is 0 Å². The van der Waals surface area contributed by atoms with Crippen molar-refractivity contribution in [2.75, 3.05) is 13.2 Å². The second kappa shape index (κ2) is 7.36. The van der Waals surface area contributed by atoms with Crippen molar-refractivity contribution in [2.45, 2.75) is 20.4 Å². The Balaban J connectivity index is 1.87. The molecule has 0 saturated heterocycles. The number of benzene rings is 1. The molecule has 0 radical (unpaired) electrons. The van der Waals surface area contributed by atoms with Gasteiger partial charge in [-0.1, -0.05) is 6.07 Å². The molecule has 3 rings (SSSR count). The minimum absolute atomic E-state index is 0.108. The molecule has 2 aromatic heterocycles. The maximum atomic E-state index is 12.9. The summed E-state index contributed by atoms with van der Waals surface area (Å²) in [5.74, 6) is 0.519. The molecule has 0 unspecified atom stereocenters. The van der Waals surface area contributed by atoms with Gasteiger partial charge in [-0.05, 0) is 50.2 Å². The fourth-order valence-electron chi connectivity index (χ4n) is 2.81. The summed E-state index contributed by atoms with van der Waals surface area (Å²) in [6.07, 6.45) is 1.57. The largest absolute Gasteiger partial charge is 0.467 e. The minimum Gasteiger partial charge on any atom is -0.467 e. The first-order valence-corrected chi connectivity index (χ1v) is 8.14. The lowest BCUT2D eigenvalue weighted by atomic mass is 10.1. The predicted octanol–water partition coefficient (Wildman–Crippen LogP) is 2.72. The third-order valence-corrected chi connectivity index (χ3v) is 3.93. The van der Waals surface area contributed by atoms with Gasteiger partial charge < -0.3 is 14.4 Å². The Morgan fingerprint density at radius 1 is 1.24 bits per heavy atom. The maximum absolute atomic E-state index is 12.9. The van der Waals surface area contributed by atoms with E-state index < -0.39 is 0 Å². The molecule has 0 aliphatic rings. The molecule has 6 nitrogen and oxygen atoms in total. The SMILES string of the molecule is Cc1cc(C)n(-c2cccc(C(=O)N(CCO)Cc3ccco3)c2)n1. The monoisotopic (exact) mass is 339 g/mol. The van der Waals surface area contributed by atoms with Gasteiger partial charge in [-0.3, -0.25) is 4.79 Å². The van der Waals surface area contributed by atoms with Crippen molar-refractivity contribution in [3.8, 4) is 5.69 Å². The van der Waals surface area contributed by atoms with E-state index in [9.17, 15) is 9.90 Å². The molecule has 25 heavy (non-hydrogen) atoms. The third-order valence-electron chi connectivity index (χ3n) is 3.93. The number of aliphatic hydroxyl groups is 1. The molecule has 0 bridgehead atoms. The van der Waals surface area contributed by atoms with Crippen LogP contribution in [0.5, 0.6) is 0 Å². The van der Waals surface area contributed by atoms with E-state index in [-0.39, 0.29) is 19.1 Å². The normalized spacial score (nSPS) is 10.8. The Bertz CT molecular complexity index is 853. The lowest BCUT2D eigenvalue weighted by Crippen LogP contribution is -2.33. The Kier molecular flexibility index (Phi) is 5.00. The van der Waals surface area contributed by atoms with E-state index in [0.717, 1.165) is 17.1 Å². The van der Waals surface area contributed by atoms with Crippen LogP contribution in [0.15, 0.2) is 53.1 Å². The van der Waals surface area contributed by atoms with Crippen molar-refractivity contribution in [1.29, 1.82) is 0 Å². The Morgan fingerprint density at radius 2 is 2.08 bits per heavy atom. The Hall–Kier alpha value is -2.86. The van der Waals surface area contributed by atoms with Crippen LogP contribution in [0.2, 0.25) is 0 Å². The summed E-state index contributed by atoms with van der Waals surface area (Å²) in [7, 11) is 0. The molecule has 0 atom stereocenters. The number of aliphatic hydroxyl groups excluding tert-OH is 1. The number of aryl methyl sites for hydroxylation is 2. The van der Waals surface area contributed by atoms with Gasteiger partial charge in [0.15, 0.2) is 0 Å². The molecule has 1 aromatic carbocycles. The van der Waals surface area contributed by atoms with Crippen molar-refractivity contribution in [1.82, 2.24) is 14.7 Å². The lowest BCUT2D eigenvalue weighted by Gasteiger charge is -2.21. The number of carbonyl (C=O) groups excluding carboxylic acids is 1. The number of aromatic nitrogens is 2. The molecule has 0 saturated carbocycles. The van der Waals surface area contributed by atoms with Crippen molar-refractivity contribution in [3.05, 3.63) is 71.4 Å². The summed E-state index contributed by atoms with van der Waals surface area (Å²) >= 11 is 0. The molecule has 1 N–H and O–H groups in total. The highest BCUT2D eigenvalue weighted by Crippen LogP contribution is 2.16. The predicted molar refractivity (Wildman–Crippen MR) is 93.6 cm³/mol. The highest BCUT2D eigenvalue weighted by Gasteiger charge is 2.18. The van der Waals surface area contributed by atoms with Crippen LogP contribution in [-0.4, -0.2) is 38.8 Å². The standard InChI is InChI=1S/C19H21N3O3/c1-14-11-15(2)22(20-14)17-6-3-5-16(12-17)19(24)21(8-9-23)13-18-7-4-10-25-18/h3-7,10-12,23H,8-9,13H2,1-2H3. The number of amides is 1. The van der Waals surface area contributed by atoms with Gasteiger partial charge >= 0.3 is 0 Å². The van der Waals surface area contributed by atoms with Crippen molar-refractivity contribution in [3.63, 3.8) is 0 Å². The molecule has 130 valence electrons. The van der Waals surface area contributed by atoms with Gasteiger partial charge in [0.25, 0.3) is 5.91 Å². The summed E-state index contributed by atoms with van der Waals surface area (Å²) in [6.45, 7) is 4.36. The summed E-state index contributed by atoms with van der Waals surface area (Å²) in [6, 6.07) is 12.9. The smallest absolute Gasteiger partial charge is 0.254 e. The summed E-state index contributed by atoms with van der Waals surface area (Å²) in [4.78, 5) is 14.4. The van der Waals surface area contributed by atoms with Crippen LogP contribution in [-0.2, 0) is 6.54 Å². The van der Waals surface area contributed by atoms with Crippen molar-refractivity contribution < 1.29 is 14.3 Å². The number of hydrogen-bond donors (Lipinski definition) is 1. The third kappa shape index (κ3) is 3.80. The molecular formula is C19H21N3O3. The van der Waals surface area contributed by atoms with E-state index in [4.69, 9.17) is 4.42 Å². The molecule has 2 heterocycles. The first-order valence-electron chi connectivity index (χ1n) is 8.14. The van der Waals surface area contributed by atoms with Gasteiger partial charge in [0.05, 0.1) is 30.8 Å². The average Bonchev–Trinajstić information content (AvgIpc) is 3.23. The van der Waals surface area contributed by atoms with Crippen LogP contribution >= 0.6 is 0 Å². The van der Waals surface area contributed by atoms with Crippen LogP contribution in [0.1, 0.15) is 27.5 Å². The number of hydrogen-bond acceptors (Lipinski definition) is 4. The van der Waals surface area contributed by atoms with Gasteiger partial charge in [-0.15, -0.1) is 0 Å². The van der Waals surface area contributed by atoms with Gasteiger partial charge in [-0.2, -0.15) is 5.10 Å². The van der Waals surface area contributed by atoms with E-state index in [2.05, 4.69) is 5.10 Å². The minimum atomic E-state index is -0.158. The zero-order valence-electron chi connectivity index (χ0n) is 14.3. The number of carbonyl (C=O) groups is 1. The van der Waals surface area contributed by atoms with Gasteiger partial charge in [0.1, 0.15) is 5.76 Å². The second-order valence-electron chi connectivity index (χ2n) is 5.92. The topological polar surface area (TPSA) is 71.5 Å². The maximum Gasteiger partial charge on any atom is 0.254 e. The van der Waals surface area contributed by atoms with Crippen molar-refractivity contribution in [2.24, 2.45) is 0 Å². The highest BCUT2D eigenvalue weighted by molar-refractivity contribution is 5.94. The molecule has 0 aliphatic carbocycles. The van der Waals surface area contributed by atoms with Crippen molar-refractivity contribution >= 4 is 5.91 Å². The zero-order chi connectivity index (χ0) is 17.8. The number of nitrogens with zero attached hydrogens (tertiary/aromatic N) is 3. The summed E-state index contributed by atoms with van der Waals surface area (Å²) < 4.78 is 7.13. The van der Waals surface area contributed by atoms with Crippen LogP contribution in [0.3, 0.4) is 0 Å². The average molecular weight is 339 g/mol. The Morgan fingerprint density at radius 3 is 2.72 bits per heavy atom. The summed E-state index contributed by atoms with van der Waals surface area (Å²) in [5.41, 5.74) is 3.31. The van der Waals surface area contributed by atoms with E-state index in [1.54, 1.807) is 23.3 Å². The van der Waals surface area contributed by atoms with Gasteiger partial charge in [-0.25, -0.2) is 4.68 Å².